The highest BCUT2D eigenvalue weighted by Crippen LogP contribution is 2.47. The lowest BCUT2D eigenvalue weighted by Crippen LogP contribution is -2.67. The molecule has 1 atom stereocenters. The molecule has 5 nitrogen and oxygen atoms in total. The molecule has 0 aromatic heterocycles. The number of aryl methyl sites for hydroxylation is 4. The van der Waals surface area contributed by atoms with Gasteiger partial charge in [0.2, 0.25) is 5.91 Å². The molecule has 170 valence electrons. The molecule has 0 aliphatic carbocycles. The zero-order chi connectivity index (χ0) is 23.9. The van der Waals surface area contributed by atoms with Crippen LogP contribution in [0, 0.1) is 27.7 Å². The Balaban J connectivity index is 1.85. The van der Waals surface area contributed by atoms with Crippen LogP contribution in [-0.2, 0) is 15.1 Å². The summed E-state index contributed by atoms with van der Waals surface area (Å²) in [6.45, 7) is 7.97. The van der Waals surface area contributed by atoms with Gasteiger partial charge in [-0.25, -0.2) is 0 Å². The number of rotatable bonds is 5. The molecule has 0 radical (unpaired) electrons. The highest BCUT2D eigenvalue weighted by atomic mass is 16.2. The van der Waals surface area contributed by atoms with Crippen LogP contribution in [-0.4, -0.2) is 25.9 Å². The van der Waals surface area contributed by atoms with Gasteiger partial charge in [-0.15, -0.1) is 0 Å². The largest absolute Gasteiger partial charge is 0.378 e. The van der Waals surface area contributed by atoms with E-state index in [1.165, 1.54) is 0 Å². The summed E-state index contributed by atoms with van der Waals surface area (Å²) < 4.78 is 0. The fourth-order valence-electron chi connectivity index (χ4n) is 4.70. The SMILES string of the molecule is Cc1ccc(N2C(=O)CC2(C(=O)Nc2c(C)cccc2C)c2ccc(N(C)C)cc2)c(C)c1. The Labute approximate surface area is 196 Å². The molecule has 1 unspecified atom stereocenters. The molecular weight excluding hydrogens is 410 g/mol. The molecular formula is C28H31N3O2. The Morgan fingerprint density at radius 1 is 0.909 bits per heavy atom. The van der Waals surface area contributed by atoms with Crippen LogP contribution in [0.3, 0.4) is 0 Å². The topological polar surface area (TPSA) is 52.7 Å². The molecule has 5 heteroatoms. The van der Waals surface area contributed by atoms with E-state index in [4.69, 9.17) is 0 Å². The van der Waals surface area contributed by atoms with Crippen LogP contribution in [0.5, 0.6) is 0 Å². The molecule has 1 aliphatic heterocycles. The number of nitrogens with zero attached hydrogens (tertiary/aromatic N) is 2. The summed E-state index contributed by atoms with van der Waals surface area (Å²) >= 11 is 0. The number of hydrogen-bond acceptors (Lipinski definition) is 3. The van der Waals surface area contributed by atoms with Gasteiger partial charge in [-0.2, -0.15) is 0 Å². The van der Waals surface area contributed by atoms with E-state index < -0.39 is 5.54 Å². The molecule has 0 bridgehead atoms. The predicted octanol–water partition coefficient (Wildman–Crippen LogP) is 5.26. The summed E-state index contributed by atoms with van der Waals surface area (Å²) in [6, 6.07) is 19.8. The van der Waals surface area contributed by atoms with Crippen molar-refractivity contribution in [1.82, 2.24) is 0 Å². The summed E-state index contributed by atoms with van der Waals surface area (Å²) in [5.41, 5.74) is 6.36. The maximum absolute atomic E-state index is 14.0. The van der Waals surface area contributed by atoms with Gasteiger partial charge in [0.25, 0.3) is 5.91 Å². The monoisotopic (exact) mass is 441 g/mol. The maximum atomic E-state index is 14.0. The van der Waals surface area contributed by atoms with Crippen LogP contribution in [0.4, 0.5) is 17.1 Å². The number of benzene rings is 3. The third kappa shape index (κ3) is 3.78. The van der Waals surface area contributed by atoms with Crippen molar-refractivity contribution in [3.05, 3.63) is 88.5 Å². The fraction of sp³-hybridized carbons (Fsp3) is 0.286. The van der Waals surface area contributed by atoms with Crippen molar-refractivity contribution in [3.8, 4) is 0 Å². The van der Waals surface area contributed by atoms with E-state index in [2.05, 4.69) is 5.32 Å². The average Bonchev–Trinajstić information content (AvgIpc) is 2.76. The zero-order valence-corrected chi connectivity index (χ0v) is 20.2. The predicted molar refractivity (Wildman–Crippen MR) is 135 cm³/mol. The second-order valence-electron chi connectivity index (χ2n) is 9.22. The summed E-state index contributed by atoms with van der Waals surface area (Å²) in [6.07, 6.45) is 0.123. The first-order valence-corrected chi connectivity index (χ1v) is 11.2. The summed E-state index contributed by atoms with van der Waals surface area (Å²) in [7, 11) is 3.96. The number of nitrogens with one attached hydrogen (secondary N) is 1. The molecule has 1 fully saturated rings. The van der Waals surface area contributed by atoms with Gasteiger partial charge in [0, 0.05) is 31.2 Å². The second-order valence-corrected chi connectivity index (χ2v) is 9.22. The smallest absolute Gasteiger partial charge is 0.255 e. The quantitative estimate of drug-likeness (QED) is 0.550. The zero-order valence-electron chi connectivity index (χ0n) is 20.2. The van der Waals surface area contributed by atoms with Crippen LogP contribution < -0.4 is 15.1 Å². The molecule has 3 aromatic rings. The standard InChI is InChI=1S/C28H31N3O2/c1-18-10-15-24(21(4)16-18)31-25(32)17-28(31,22-11-13-23(14-12-22)30(5)6)27(33)29-26-19(2)8-7-9-20(26)3/h7-16H,17H2,1-6H3,(H,29,33). The number of hydrogen-bond donors (Lipinski definition) is 1. The van der Waals surface area contributed by atoms with E-state index in [9.17, 15) is 9.59 Å². The number of amides is 2. The third-order valence-corrected chi connectivity index (χ3v) is 6.59. The lowest BCUT2D eigenvalue weighted by atomic mass is 9.75. The van der Waals surface area contributed by atoms with Crippen molar-refractivity contribution in [3.63, 3.8) is 0 Å². The normalized spacial score (nSPS) is 17.5. The Morgan fingerprint density at radius 2 is 1.55 bits per heavy atom. The van der Waals surface area contributed by atoms with Crippen LogP contribution in [0.1, 0.15) is 34.2 Å². The van der Waals surface area contributed by atoms with Gasteiger partial charge < -0.3 is 10.2 Å². The van der Waals surface area contributed by atoms with Crippen LogP contribution in [0.2, 0.25) is 0 Å². The number of carbonyl (C=O) groups is 2. The first kappa shape index (κ1) is 22.6. The first-order chi connectivity index (χ1) is 15.6. The minimum Gasteiger partial charge on any atom is -0.378 e. The minimum absolute atomic E-state index is 0.0599. The van der Waals surface area contributed by atoms with Gasteiger partial charge in [0.15, 0.2) is 5.54 Å². The maximum Gasteiger partial charge on any atom is 0.255 e. The average molecular weight is 442 g/mol. The minimum atomic E-state index is -1.11. The van der Waals surface area contributed by atoms with Crippen molar-refractivity contribution in [2.75, 3.05) is 29.2 Å². The van der Waals surface area contributed by atoms with Gasteiger partial charge in [-0.05, 0) is 68.1 Å². The van der Waals surface area contributed by atoms with Crippen LogP contribution in [0.25, 0.3) is 0 Å². The first-order valence-electron chi connectivity index (χ1n) is 11.2. The fourth-order valence-corrected chi connectivity index (χ4v) is 4.70. The highest BCUT2D eigenvalue weighted by Gasteiger charge is 2.58. The molecule has 3 aromatic carbocycles. The molecule has 4 rings (SSSR count). The molecule has 0 saturated carbocycles. The highest BCUT2D eigenvalue weighted by molar-refractivity contribution is 6.17. The van der Waals surface area contributed by atoms with E-state index >= 15 is 0 Å². The molecule has 1 heterocycles. The van der Waals surface area contributed by atoms with Gasteiger partial charge in [0.05, 0.1) is 6.42 Å². The Bertz CT molecular complexity index is 1210. The van der Waals surface area contributed by atoms with Crippen molar-refractivity contribution in [1.29, 1.82) is 0 Å². The van der Waals surface area contributed by atoms with E-state index in [1.54, 1.807) is 4.90 Å². The van der Waals surface area contributed by atoms with Crippen LogP contribution >= 0.6 is 0 Å². The van der Waals surface area contributed by atoms with Crippen LogP contribution in [0.15, 0.2) is 60.7 Å². The molecule has 2 amide bonds. The van der Waals surface area contributed by atoms with Gasteiger partial charge >= 0.3 is 0 Å². The van der Waals surface area contributed by atoms with Crippen molar-refractivity contribution < 1.29 is 9.59 Å². The molecule has 1 N–H and O–H groups in total. The summed E-state index contributed by atoms with van der Waals surface area (Å²) in [5, 5.41) is 3.17. The van der Waals surface area contributed by atoms with Gasteiger partial charge in [-0.3, -0.25) is 14.5 Å². The van der Waals surface area contributed by atoms with Crippen molar-refractivity contribution in [2.45, 2.75) is 39.7 Å². The number of anilines is 3. The van der Waals surface area contributed by atoms with E-state index in [1.807, 2.05) is 107 Å². The summed E-state index contributed by atoms with van der Waals surface area (Å²) in [5.74, 6) is -0.257. The Morgan fingerprint density at radius 3 is 2.09 bits per heavy atom. The molecule has 0 spiro atoms. The Hall–Kier alpha value is -3.60. The second kappa shape index (κ2) is 8.39. The third-order valence-electron chi connectivity index (χ3n) is 6.59. The number of para-hydroxylation sites is 1. The lowest BCUT2D eigenvalue weighted by Gasteiger charge is -2.51. The number of β-lactam (4-membered cyclic amide) rings is 1. The summed E-state index contributed by atoms with van der Waals surface area (Å²) in [4.78, 5) is 30.8. The van der Waals surface area contributed by atoms with Crippen molar-refractivity contribution in [2.24, 2.45) is 0 Å². The lowest BCUT2D eigenvalue weighted by molar-refractivity contribution is -0.137. The number of carbonyl (C=O) groups excluding carboxylic acids is 2. The van der Waals surface area contributed by atoms with Crippen molar-refractivity contribution >= 4 is 28.9 Å². The van der Waals surface area contributed by atoms with E-state index in [-0.39, 0.29) is 18.2 Å². The van der Waals surface area contributed by atoms with E-state index in [0.717, 1.165) is 44.9 Å². The molecule has 1 aliphatic rings. The Kier molecular flexibility index (Phi) is 5.75. The van der Waals surface area contributed by atoms with E-state index in [0.29, 0.717) is 0 Å². The molecule has 1 saturated heterocycles. The van der Waals surface area contributed by atoms with Gasteiger partial charge in [0.1, 0.15) is 0 Å². The molecule has 33 heavy (non-hydrogen) atoms. The van der Waals surface area contributed by atoms with Gasteiger partial charge in [-0.1, -0.05) is 48.0 Å².